The van der Waals surface area contributed by atoms with E-state index in [9.17, 15) is 4.79 Å². The number of ether oxygens (including phenoxy) is 1. The highest BCUT2D eigenvalue weighted by atomic mass is 16.5. The first kappa shape index (κ1) is 18.1. The summed E-state index contributed by atoms with van der Waals surface area (Å²) in [4.78, 5) is 12.5. The van der Waals surface area contributed by atoms with Crippen molar-refractivity contribution in [2.75, 3.05) is 5.32 Å². The van der Waals surface area contributed by atoms with Crippen LogP contribution in [0.1, 0.15) is 44.2 Å². The average molecular weight is 325 g/mol. The van der Waals surface area contributed by atoms with Crippen molar-refractivity contribution in [3.05, 3.63) is 59.7 Å². The smallest absolute Gasteiger partial charge is 0.265 e. The maximum atomic E-state index is 12.5. The van der Waals surface area contributed by atoms with Crippen LogP contribution in [-0.2, 0) is 11.2 Å². The Morgan fingerprint density at radius 3 is 2.50 bits per heavy atom. The summed E-state index contributed by atoms with van der Waals surface area (Å²) in [6.07, 6.45) is 3.58. The zero-order valence-electron chi connectivity index (χ0n) is 14.8. The van der Waals surface area contributed by atoms with E-state index in [1.54, 1.807) is 0 Å². The first-order chi connectivity index (χ1) is 11.6. The number of hydrogen-bond acceptors (Lipinski definition) is 2. The predicted molar refractivity (Wildman–Crippen MR) is 99.6 cm³/mol. The number of aryl methyl sites for hydroxylation is 2. The summed E-state index contributed by atoms with van der Waals surface area (Å²) >= 11 is 0. The van der Waals surface area contributed by atoms with Crippen LogP contribution in [0.15, 0.2) is 48.5 Å². The molecule has 0 bridgehead atoms. The van der Waals surface area contributed by atoms with E-state index in [1.807, 2.05) is 50.2 Å². The standard InChI is InChI=1S/C21H27NO2/c1-4-6-9-17-11-13-18(14-12-17)22-21(23)20(5-2)24-19-10-7-8-16(3)15-19/h7-8,10-15,20H,4-6,9H2,1-3H3,(H,22,23). The molecule has 1 N–H and O–H groups in total. The zero-order valence-corrected chi connectivity index (χ0v) is 14.8. The lowest BCUT2D eigenvalue weighted by molar-refractivity contribution is -0.122. The largest absolute Gasteiger partial charge is 0.481 e. The number of benzene rings is 2. The van der Waals surface area contributed by atoms with Crippen LogP contribution in [0.2, 0.25) is 0 Å². The third-order valence-electron chi connectivity index (χ3n) is 3.97. The highest BCUT2D eigenvalue weighted by Crippen LogP contribution is 2.17. The van der Waals surface area contributed by atoms with Crippen molar-refractivity contribution < 1.29 is 9.53 Å². The van der Waals surface area contributed by atoms with E-state index in [0.717, 1.165) is 23.4 Å². The second kappa shape index (κ2) is 9.11. The molecule has 1 amide bonds. The van der Waals surface area contributed by atoms with Gasteiger partial charge in [0.25, 0.3) is 5.91 Å². The maximum Gasteiger partial charge on any atom is 0.265 e. The highest BCUT2D eigenvalue weighted by molar-refractivity contribution is 5.94. The van der Waals surface area contributed by atoms with Gasteiger partial charge in [-0.3, -0.25) is 4.79 Å². The molecule has 3 nitrogen and oxygen atoms in total. The second-order valence-electron chi connectivity index (χ2n) is 6.12. The van der Waals surface area contributed by atoms with Gasteiger partial charge in [0.2, 0.25) is 0 Å². The topological polar surface area (TPSA) is 38.3 Å². The molecule has 0 aliphatic rings. The molecule has 24 heavy (non-hydrogen) atoms. The number of rotatable bonds is 8. The van der Waals surface area contributed by atoms with Crippen LogP contribution in [0.4, 0.5) is 5.69 Å². The number of amides is 1. The molecule has 0 spiro atoms. The molecule has 0 aliphatic heterocycles. The lowest BCUT2D eigenvalue weighted by atomic mass is 10.1. The van der Waals surface area contributed by atoms with E-state index in [1.165, 1.54) is 18.4 Å². The van der Waals surface area contributed by atoms with Crippen LogP contribution in [0.3, 0.4) is 0 Å². The molecule has 2 rings (SSSR count). The molecular weight excluding hydrogens is 298 g/mol. The van der Waals surface area contributed by atoms with E-state index < -0.39 is 6.10 Å². The Morgan fingerprint density at radius 2 is 1.88 bits per heavy atom. The summed E-state index contributed by atoms with van der Waals surface area (Å²) in [5.41, 5.74) is 3.23. The third kappa shape index (κ3) is 5.41. The average Bonchev–Trinajstić information content (AvgIpc) is 2.59. The highest BCUT2D eigenvalue weighted by Gasteiger charge is 2.18. The van der Waals surface area contributed by atoms with Gasteiger partial charge in [-0.05, 0) is 61.6 Å². The molecule has 1 atom stereocenters. The summed E-state index contributed by atoms with van der Waals surface area (Å²) in [5.74, 6) is 0.618. The van der Waals surface area contributed by atoms with Crippen molar-refractivity contribution in [2.24, 2.45) is 0 Å². The molecule has 0 saturated carbocycles. The minimum absolute atomic E-state index is 0.111. The number of unbranched alkanes of at least 4 members (excludes halogenated alkanes) is 1. The van der Waals surface area contributed by atoms with Crippen LogP contribution in [0, 0.1) is 6.92 Å². The van der Waals surface area contributed by atoms with Gasteiger partial charge in [0, 0.05) is 5.69 Å². The Bertz CT molecular complexity index is 649. The molecule has 2 aromatic carbocycles. The van der Waals surface area contributed by atoms with Crippen molar-refractivity contribution in [1.82, 2.24) is 0 Å². The molecule has 0 fully saturated rings. The number of carbonyl (C=O) groups excluding carboxylic acids is 1. The van der Waals surface area contributed by atoms with E-state index >= 15 is 0 Å². The van der Waals surface area contributed by atoms with Crippen molar-refractivity contribution >= 4 is 11.6 Å². The molecular formula is C21H27NO2. The van der Waals surface area contributed by atoms with Gasteiger partial charge in [0.05, 0.1) is 0 Å². The van der Waals surface area contributed by atoms with Gasteiger partial charge >= 0.3 is 0 Å². The molecule has 0 radical (unpaired) electrons. The summed E-state index contributed by atoms with van der Waals surface area (Å²) < 4.78 is 5.84. The van der Waals surface area contributed by atoms with Gasteiger partial charge < -0.3 is 10.1 Å². The van der Waals surface area contributed by atoms with Gasteiger partial charge in [-0.25, -0.2) is 0 Å². The second-order valence-corrected chi connectivity index (χ2v) is 6.12. The summed E-state index contributed by atoms with van der Waals surface area (Å²) in [6.45, 7) is 6.15. The fraction of sp³-hybridized carbons (Fsp3) is 0.381. The first-order valence-corrected chi connectivity index (χ1v) is 8.75. The molecule has 2 aromatic rings. The number of nitrogens with one attached hydrogen (secondary N) is 1. The molecule has 0 aliphatic carbocycles. The summed E-state index contributed by atoms with van der Waals surface area (Å²) in [5, 5.41) is 2.95. The Labute approximate surface area is 145 Å². The first-order valence-electron chi connectivity index (χ1n) is 8.75. The van der Waals surface area contributed by atoms with Crippen molar-refractivity contribution in [3.8, 4) is 5.75 Å². The lowest BCUT2D eigenvalue weighted by Gasteiger charge is -2.17. The van der Waals surface area contributed by atoms with Gasteiger partial charge in [0.1, 0.15) is 5.75 Å². The third-order valence-corrected chi connectivity index (χ3v) is 3.97. The normalized spacial score (nSPS) is 11.8. The lowest BCUT2D eigenvalue weighted by Crippen LogP contribution is -2.32. The quantitative estimate of drug-likeness (QED) is 0.730. The van der Waals surface area contributed by atoms with Gasteiger partial charge in [0.15, 0.2) is 6.10 Å². The van der Waals surface area contributed by atoms with E-state index in [2.05, 4.69) is 24.4 Å². The van der Waals surface area contributed by atoms with Crippen molar-refractivity contribution in [3.63, 3.8) is 0 Å². The van der Waals surface area contributed by atoms with Crippen molar-refractivity contribution in [2.45, 2.75) is 52.6 Å². The minimum atomic E-state index is -0.494. The van der Waals surface area contributed by atoms with Crippen LogP contribution in [-0.4, -0.2) is 12.0 Å². The molecule has 0 heterocycles. The maximum absolute atomic E-state index is 12.5. The van der Waals surface area contributed by atoms with E-state index in [0.29, 0.717) is 6.42 Å². The van der Waals surface area contributed by atoms with E-state index in [4.69, 9.17) is 4.74 Å². The molecule has 0 aromatic heterocycles. The van der Waals surface area contributed by atoms with Crippen LogP contribution < -0.4 is 10.1 Å². The van der Waals surface area contributed by atoms with Gasteiger partial charge in [-0.2, -0.15) is 0 Å². The minimum Gasteiger partial charge on any atom is -0.481 e. The van der Waals surface area contributed by atoms with Gasteiger partial charge in [-0.1, -0.05) is 44.5 Å². The molecule has 1 unspecified atom stereocenters. The zero-order chi connectivity index (χ0) is 17.4. The van der Waals surface area contributed by atoms with Crippen molar-refractivity contribution in [1.29, 1.82) is 0 Å². The molecule has 0 saturated heterocycles. The summed E-state index contributed by atoms with van der Waals surface area (Å²) in [6, 6.07) is 15.8. The Balaban J connectivity index is 1.96. The SMILES string of the molecule is CCCCc1ccc(NC(=O)C(CC)Oc2cccc(C)c2)cc1. The Morgan fingerprint density at radius 1 is 1.12 bits per heavy atom. The monoisotopic (exact) mass is 325 g/mol. The molecule has 3 heteroatoms. The Hall–Kier alpha value is -2.29. The predicted octanol–water partition coefficient (Wildman–Crippen LogP) is 5.13. The fourth-order valence-corrected chi connectivity index (χ4v) is 2.53. The van der Waals surface area contributed by atoms with Crippen LogP contribution in [0.5, 0.6) is 5.75 Å². The number of anilines is 1. The van der Waals surface area contributed by atoms with E-state index in [-0.39, 0.29) is 5.91 Å². The molecule has 128 valence electrons. The fourth-order valence-electron chi connectivity index (χ4n) is 2.53. The van der Waals surface area contributed by atoms with Crippen LogP contribution in [0.25, 0.3) is 0 Å². The van der Waals surface area contributed by atoms with Gasteiger partial charge in [-0.15, -0.1) is 0 Å². The van der Waals surface area contributed by atoms with Crippen LogP contribution >= 0.6 is 0 Å². The Kier molecular flexibility index (Phi) is 6.86. The number of hydrogen-bond donors (Lipinski definition) is 1. The summed E-state index contributed by atoms with van der Waals surface area (Å²) in [7, 11) is 0. The number of carbonyl (C=O) groups is 1.